The molecule has 1 spiro atoms. The van der Waals surface area contributed by atoms with Gasteiger partial charge in [-0.2, -0.15) is 0 Å². The fourth-order valence-corrected chi connectivity index (χ4v) is 7.88. The highest BCUT2D eigenvalue weighted by atomic mass is 19.2. The van der Waals surface area contributed by atoms with E-state index in [0.717, 1.165) is 82.3 Å². The van der Waals surface area contributed by atoms with Gasteiger partial charge >= 0.3 is 0 Å². The molecule has 2 heterocycles. The summed E-state index contributed by atoms with van der Waals surface area (Å²) >= 11 is 0. The lowest BCUT2D eigenvalue weighted by Crippen LogP contribution is -2.31. The maximum atomic E-state index is 14.0. The van der Waals surface area contributed by atoms with E-state index in [1.807, 2.05) is 19.3 Å². The Hall–Kier alpha value is -2.89. The van der Waals surface area contributed by atoms with Crippen LogP contribution in [0.1, 0.15) is 125 Å². The van der Waals surface area contributed by atoms with Gasteiger partial charge in [-0.3, -0.25) is 9.78 Å². The number of imidazole rings is 1. The van der Waals surface area contributed by atoms with E-state index >= 15 is 0 Å². The second-order valence-electron chi connectivity index (χ2n) is 12.9. The summed E-state index contributed by atoms with van der Waals surface area (Å²) < 4.78 is 29.9. The summed E-state index contributed by atoms with van der Waals surface area (Å²) in [7, 11) is 0. The van der Waals surface area contributed by atoms with Crippen molar-refractivity contribution in [2.75, 3.05) is 0 Å². The van der Waals surface area contributed by atoms with Gasteiger partial charge in [-0.1, -0.05) is 26.7 Å². The van der Waals surface area contributed by atoms with Gasteiger partial charge in [0, 0.05) is 30.4 Å². The Morgan fingerprint density at radius 2 is 1.75 bits per heavy atom. The predicted octanol–water partition coefficient (Wildman–Crippen LogP) is 8.60. The zero-order valence-corrected chi connectivity index (χ0v) is 24.1. The summed E-state index contributed by atoms with van der Waals surface area (Å²) in [5.41, 5.74) is 4.70. The van der Waals surface area contributed by atoms with Gasteiger partial charge in [0.2, 0.25) is 0 Å². The van der Waals surface area contributed by atoms with Gasteiger partial charge in [-0.05, 0) is 106 Å². The van der Waals surface area contributed by atoms with Crippen LogP contribution in [-0.2, 0) is 16.8 Å². The molecule has 40 heavy (non-hydrogen) atoms. The van der Waals surface area contributed by atoms with Crippen molar-refractivity contribution < 1.29 is 13.6 Å². The third-order valence-electron chi connectivity index (χ3n) is 9.96. The number of aryl methyl sites for hydroxylation is 1. The zero-order valence-electron chi connectivity index (χ0n) is 24.1. The Balaban J connectivity index is 1.26. The topological polar surface area (TPSA) is 47.8 Å². The molecule has 3 aliphatic rings. The summed E-state index contributed by atoms with van der Waals surface area (Å²) in [6.07, 6.45) is 14.5. The summed E-state index contributed by atoms with van der Waals surface area (Å²) in [4.78, 5) is 23.3. The number of Topliss-reactive ketones (excluding diaryl/α,β-unsaturated/α-hetero) is 1. The smallest absolute Gasteiger partial charge is 0.159 e. The van der Waals surface area contributed by atoms with E-state index in [0.29, 0.717) is 34.8 Å². The van der Waals surface area contributed by atoms with Crippen molar-refractivity contribution in [3.05, 3.63) is 70.9 Å². The van der Waals surface area contributed by atoms with Crippen LogP contribution < -0.4 is 0 Å². The first-order chi connectivity index (χ1) is 19.3. The number of carbonyl (C=O) groups is 1. The molecule has 1 aromatic carbocycles. The molecule has 0 radical (unpaired) electrons. The molecule has 1 unspecified atom stereocenters. The number of carbonyl (C=O) groups excluding carboxylic acids is 1. The molecule has 3 aliphatic carbocycles. The first-order valence-corrected chi connectivity index (χ1v) is 15.3. The molecular formula is C34H41F2N3O. The molecule has 2 saturated carbocycles. The van der Waals surface area contributed by atoms with Crippen molar-refractivity contribution in [1.82, 2.24) is 14.5 Å². The minimum Gasteiger partial charge on any atom is -0.334 e. The first-order valence-electron chi connectivity index (χ1n) is 15.3. The second-order valence-corrected chi connectivity index (χ2v) is 12.9. The van der Waals surface area contributed by atoms with E-state index in [9.17, 15) is 13.6 Å². The number of benzene rings is 1. The van der Waals surface area contributed by atoms with Gasteiger partial charge in [0.05, 0.1) is 22.7 Å². The van der Waals surface area contributed by atoms with E-state index in [-0.39, 0.29) is 11.3 Å². The fourth-order valence-electron chi connectivity index (χ4n) is 7.88. The minimum absolute atomic E-state index is 0.0996. The van der Waals surface area contributed by atoms with E-state index in [1.54, 1.807) is 6.07 Å². The number of fused-ring (bicyclic) bond motifs is 2. The molecule has 0 amide bonds. The van der Waals surface area contributed by atoms with Gasteiger partial charge in [-0.25, -0.2) is 13.8 Å². The maximum Gasteiger partial charge on any atom is 0.159 e. The SMILES string of the molecule is CC(C)CCCn1cc(-c2ccc(F)c(F)c2)nc1C1CCC(c2ccnc3c2C2(CCCC2)C(=O)C3C)CC1. The third kappa shape index (κ3) is 4.71. The van der Waals surface area contributed by atoms with Crippen LogP contribution >= 0.6 is 0 Å². The molecule has 0 aliphatic heterocycles. The molecule has 4 nitrogen and oxygen atoms in total. The van der Waals surface area contributed by atoms with Crippen molar-refractivity contribution >= 4 is 5.78 Å². The van der Waals surface area contributed by atoms with Gasteiger partial charge in [0.1, 0.15) is 5.82 Å². The predicted molar refractivity (Wildman–Crippen MR) is 153 cm³/mol. The Bertz CT molecular complexity index is 1400. The van der Waals surface area contributed by atoms with Crippen LogP contribution in [0.3, 0.4) is 0 Å². The average Bonchev–Trinajstić information content (AvgIpc) is 3.66. The van der Waals surface area contributed by atoms with Crippen molar-refractivity contribution in [3.63, 3.8) is 0 Å². The van der Waals surface area contributed by atoms with Crippen molar-refractivity contribution in [3.8, 4) is 11.3 Å². The van der Waals surface area contributed by atoms with Crippen LogP contribution in [0.2, 0.25) is 0 Å². The van der Waals surface area contributed by atoms with Gasteiger partial charge < -0.3 is 4.57 Å². The highest BCUT2D eigenvalue weighted by Crippen LogP contribution is 2.55. The van der Waals surface area contributed by atoms with Gasteiger partial charge in [-0.15, -0.1) is 0 Å². The summed E-state index contributed by atoms with van der Waals surface area (Å²) in [6, 6.07) is 6.25. The lowest BCUT2D eigenvalue weighted by molar-refractivity contribution is -0.124. The van der Waals surface area contributed by atoms with Crippen LogP contribution in [-0.4, -0.2) is 20.3 Å². The third-order valence-corrected chi connectivity index (χ3v) is 9.96. The molecule has 1 atom stereocenters. The highest BCUT2D eigenvalue weighted by Gasteiger charge is 2.53. The molecule has 212 valence electrons. The van der Waals surface area contributed by atoms with Crippen LogP contribution in [0, 0.1) is 17.6 Å². The van der Waals surface area contributed by atoms with E-state index in [2.05, 4.69) is 24.5 Å². The Morgan fingerprint density at radius 3 is 2.45 bits per heavy atom. The number of hydrogen-bond acceptors (Lipinski definition) is 3. The molecule has 2 fully saturated rings. The maximum absolute atomic E-state index is 14.0. The highest BCUT2D eigenvalue weighted by molar-refractivity contribution is 6.00. The molecule has 6 rings (SSSR count). The number of rotatable bonds is 7. The van der Waals surface area contributed by atoms with Crippen molar-refractivity contribution in [1.29, 1.82) is 0 Å². The molecule has 0 N–H and O–H groups in total. The molecule has 6 heteroatoms. The number of aromatic nitrogens is 3. The Labute approximate surface area is 236 Å². The zero-order chi connectivity index (χ0) is 28.0. The number of pyridine rings is 1. The molecular weight excluding hydrogens is 504 g/mol. The number of hydrogen-bond donors (Lipinski definition) is 0. The Morgan fingerprint density at radius 1 is 1.02 bits per heavy atom. The van der Waals surface area contributed by atoms with E-state index in [1.165, 1.54) is 23.3 Å². The summed E-state index contributed by atoms with van der Waals surface area (Å²) in [5.74, 6) is 1.07. The van der Waals surface area contributed by atoms with Crippen LogP contribution in [0.25, 0.3) is 11.3 Å². The Kier molecular flexibility index (Phi) is 7.39. The van der Waals surface area contributed by atoms with Crippen molar-refractivity contribution in [2.24, 2.45) is 5.92 Å². The van der Waals surface area contributed by atoms with Gasteiger partial charge in [0.15, 0.2) is 17.4 Å². The average molecular weight is 546 g/mol. The van der Waals surface area contributed by atoms with Crippen molar-refractivity contribution in [2.45, 2.75) is 115 Å². The summed E-state index contributed by atoms with van der Waals surface area (Å²) in [5, 5.41) is 0. The van der Waals surface area contributed by atoms with E-state index in [4.69, 9.17) is 9.97 Å². The molecule has 3 aromatic rings. The molecule has 2 aromatic heterocycles. The molecule has 0 saturated heterocycles. The van der Waals surface area contributed by atoms with Gasteiger partial charge in [0.25, 0.3) is 0 Å². The standard InChI is InChI=1S/C34H41F2N3O/c1-21(2)7-6-18-39-20-29(25-12-13-27(35)28(36)19-25)38-33(39)24-10-8-23(9-11-24)26-14-17-37-31-22(3)32(40)34(30(26)31)15-4-5-16-34/h12-14,17,19-24H,4-11,15-16,18H2,1-3H3. The summed E-state index contributed by atoms with van der Waals surface area (Å²) in [6.45, 7) is 7.40. The number of nitrogens with zero attached hydrogens (tertiary/aromatic N) is 3. The lowest BCUT2D eigenvalue weighted by atomic mass is 9.71. The van der Waals surface area contributed by atoms with Crippen LogP contribution in [0.5, 0.6) is 0 Å². The normalized spacial score (nSPS) is 23.9. The fraction of sp³-hybridized carbons (Fsp3) is 0.559. The number of halogens is 2. The van der Waals surface area contributed by atoms with Crippen LogP contribution in [0.4, 0.5) is 8.78 Å². The second kappa shape index (κ2) is 10.8. The quantitative estimate of drug-likeness (QED) is 0.299. The monoisotopic (exact) mass is 545 g/mol. The lowest BCUT2D eigenvalue weighted by Gasteiger charge is -2.33. The first kappa shape index (κ1) is 27.3. The molecule has 0 bridgehead atoms. The largest absolute Gasteiger partial charge is 0.334 e. The van der Waals surface area contributed by atoms with E-state index < -0.39 is 11.6 Å². The number of ketones is 1. The minimum atomic E-state index is -0.841. The van der Waals surface area contributed by atoms with Crippen LogP contribution in [0.15, 0.2) is 36.7 Å².